The number of hydrogen-bond donors (Lipinski definition) is 2. The summed E-state index contributed by atoms with van der Waals surface area (Å²) < 4.78 is 11.9. The van der Waals surface area contributed by atoms with Crippen molar-refractivity contribution in [1.82, 2.24) is 9.55 Å². The zero-order chi connectivity index (χ0) is 15.8. The van der Waals surface area contributed by atoms with Gasteiger partial charge in [-0.25, -0.2) is 4.79 Å². The van der Waals surface area contributed by atoms with Gasteiger partial charge in [-0.2, -0.15) is 0 Å². The van der Waals surface area contributed by atoms with E-state index in [2.05, 4.69) is 10.3 Å². The number of carbonyl (C=O) groups is 1. The lowest BCUT2D eigenvalue weighted by atomic mass is 10.2. The molecular formula is C16H13N3O4. The molecule has 7 heteroatoms. The van der Waals surface area contributed by atoms with Crippen LogP contribution in [-0.2, 0) is 11.3 Å². The van der Waals surface area contributed by atoms with E-state index < -0.39 is 0 Å². The third-order valence-corrected chi connectivity index (χ3v) is 3.64. The van der Waals surface area contributed by atoms with Gasteiger partial charge in [0.1, 0.15) is 6.54 Å². The van der Waals surface area contributed by atoms with Crippen LogP contribution in [0, 0.1) is 0 Å². The van der Waals surface area contributed by atoms with Crippen LogP contribution in [0.15, 0.2) is 47.3 Å². The van der Waals surface area contributed by atoms with E-state index >= 15 is 0 Å². The summed E-state index contributed by atoms with van der Waals surface area (Å²) in [6.45, 7) is 0.106. The number of aromatic amines is 1. The maximum atomic E-state index is 12.2. The average Bonchev–Trinajstić information content (AvgIpc) is 3.12. The fraction of sp³-hybridized carbons (Fsp3) is 0.125. The van der Waals surface area contributed by atoms with Crippen LogP contribution in [0.5, 0.6) is 11.5 Å². The second-order valence-corrected chi connectivity index (χ2v) is 5.15. The maximum Gasteiger partial charge on any atom is 0.326 e. The van der Waals surface area contributed by atoms with E-state index in [1.807, 2.05) is 12.1 Å². The molecule has 0 unspecified atom stereocenters. The molecule has 0 fully saturated rings. The van der Waals surface area contributed by atoms with Gasteiger partial charge < -0.3 is 19.8 Å². The standard InChI is InChI=1S/C16H13N3O4/c20-15(17-10-5-6-13-14(7-10)23-9-22-13)8-19-12-4-2-1-3-11(12)18-16(19)21/h1-7H,8-9H2,(H,17,20)(H,18,21). The molecule has 1 aliphatic rings. The Morgan fingerprint density at radius 1 is 1.17 bits per heavy atom. The minimum Gasteiger partial charge on any atom is -0.454 e. The molecule has 0 radical (unpaired) electrons. The first-order valence-corrected chi connectivity index (χ1v) is 7.08. The molecule has 0 aliphatic carbocycles. The number of rotatable bonds is 3. The monoisotopic (exact) mass is 311 g/mol. The molecule has 2 heterocycles. The highest BCUT2D eigenvalue weighted by Gasteiger charge is 2.15. The first-order chi connectivity index (χ1) is 11.2. The Hall–Kier alpha value is -3.22. The van der Waals surface area contributed by atoms with Crippen molar-refractivity contribution >= 4 is 22.6 Å². The van der Waals surface area contributed by atoms with Crippen LogP contribution < -0.4 is 20.5 Å². The second-order valence-electron chi connectivity index (χ2n) is 5.15. The Bertz CT molecular complexity index is 957. The summed E-state index contributed by atoms with van der Waals surface area (Å²) in [5.74, 6) is 0.943. The first-order valence-electron chi connectivity index (χ1n) is 7.08. The molecule has 0 saturated carbocycles. The molecule has 0 saturated heterocycles. The molecule has 4 rings (SSSR count). The quantitative estimate of drug-likeness (QED) is 0.771. The predicted molar refractivity (Wildman–Crippen MR) is 83.8 cm³/mol. The lowest BCUT2D eigenvalue weighted by Crippen LogP contribution is -2.25. The van der Waals surface area contributed by atoms with Crippen LogP contribution in [0.1, 0.15) is 0 Å². The smallest absolute Gasteiger partial charge is 0.326 e. The van der Waals surface area contributed by atoms with Crippen LogP contribution in [-0.4, -0.2) is 22.3 Å². The molecule has 0 bridgehead atoms. The number of H-pyrrole nitrogens is 1. The Morgan fingerprint density at radius 2 is 2.00 bits per heavy atom. The molecule has 1 aromatic heterocycles. The Labute approximate surface area is 130 Å². The van der Waals surface area contributed by atoms with Gasteiger partial charge in [-0.05, 0) is 24.3 Å². The molecule has 3 aromatic rings. The number of carbonyl (C=O) groups excluding carboxylic acids is 1. The molecule has 1 aliphatic heterocycles. The lowest BCUT2D eigenvalue weighted by molar-refractivity contribution is -0.116. The Balaban J connectivity index is 1.56. The van der Waals surface area contributed by atoms with Gasteiger partial charge >= 0.3 is 5.69 Å². The van der Waals surface area contributed by atoms with E-state index in [1.54, 1.807) is 30.3 Å². The third-order valence-electron chi connectivity index (χ3n) is 3.64. The number of benzene rings is 2. The number of fused-ring (bicyclic) bond motifs is 2. The van der Waals surface area contributed by atoms with E-state index in [9.17, 15) is 9.59 Å². The SMILES string of the molecule is O=C(Cn1c(=O)[nH]c2ccccc21)Nc1ccc2c(c1)OCO2. The van der Waals surface area contributed by atoms with Crippen LogP contribution in [0.4, 0.5) is 5.69 Å². The average molecular weight is 311 g/mol. The molecule has 2 aromatic carbocycles. The topological polar surface area (TPSA) is 85.4 Å². The van der Waals surface area contributed by atoms with E-state index in [4.69, 9.17) is 9.47 Å². The highest BCUT2D eigenvalue weighted by molar-refractivity contribution is 5.92. The van der Waals surface area contributed by atoms with Crippen LogP contribution in [0.2, 0.25) is 0 Å². The fourth-order valence-electron chi connectivity index (χ4n) is 2.58. The zero-order valence-electron chi connectivity index (χ0n) is 12.0. The fourth-order valence-corrected chi connectivity index (χ4v) is 2.58. The number of amides is 1. The number of anilines is 1. The largest absolute Gasteiger partial charge is 0.454 e. The van der Waals surface area contributed by atoms with E-state index in [0.717, 1.165) is 0 Å². The number of para-hydroxylation sites is 2. The van der Waals surface area contributed by atoms with Crippen molar-refractivity contribution in [2.24, 2.45) is 0 Å². The van der Waals surface area contributed by atoms with Crippen molar-refractivity contribution in [1.29, 1.82) is 0 Å². The van der Waals surface area contributed by atoms with Crippen LogP contribution >= 0.6 is 0 Å². The van der Waals surface area contributed by atoms with Gasteiger partial charge in [-0.15, -0.1) is 0 Å². The molecule has 7 nitrogen and oxygen atoms in total. The summed E-state index contributed by atoms with van der Waals surface area (Å²) in [7, 11) is 0. The third kappa shape index (κ3) is 2.42. The minimum atomic E-state index is -0.313. The minimum absolute atomic E-state index is 0.0721. The van der Waals surface area contributed by atoms with E-state index in [0.29, 0.717) is 28.2 Å². The Kier molecular flexibility index (Phi) is 3.04. The normalized spacial score (nSPS) is 12.5. The van der Waals surface area contributed by atoms with Crippen molar-refractivity contribution in [3.8, 4) is 11.5 Å². The van der Waals surface area contributed by atoms with Crippen molar-refractivity contribution in [2.75, 3.05) is 12.1 Å². The number of nitrogens with one attached hydrogen (secondary N) is 2. The maximum absolute atomic E-state index is 12.2. The summed E-state index contributed by atoms with van der Waals surface area (Å²) in [5, 5.41) is 2.75. The van der Waals surface area contributed by atoms with Crippen LogP contribution in [0.25, 0.3) is 11.0 Å². The van der Waals surface area contributed by atoms with Gasteiger partial charge in [-0.3, -0.25) is 9.36 Å². The van der Waals surface area contributed by atoms with Crippen molar-refractivity contribution < 1.29 is 14.3 Å². The van der Waals surface area contributed by atoms with Crippen LogP contribution in [0.3, 0.4) is 0 Å². The second kappa shape index (κ2) is 5.20. The van der Waals surface area contributed by atoms with Gasteiger partial charge in [0.25, 0.3) is 0 Å². The van der Waals surface area contributed by atoms with Crippen molar-refractivity contribution in [3.05, 3.63) is 52.9 Å². The molecule has 23 heavy (non-hydrogen) atoms. The van der Waals surface area contributed by atoms with E-state index in [1.165, 1.54) is 4.57 Å². The van der Waals surface area contributed by atoms with Gasteiger partial charge in [0.05, 0.1) is 11.0 Å². The summed E-state index contributed by atoms with van der Waals surface area (Å²) in [4.78, 5) is 26.9. The van der Waals surface area contributed by atoms with Gasteiger partial charge in [0.2, 0.25) is 12.7 Å². The number of imidazole rings is 1. The Morgan fingerprint density at radius 3 is 2.91 bits per heavy atom. The number of ether oxygens (including phenoxy) is 2. The molecule has 0 atom stereocenters. The van der Waals surface area contributed by atoms with Crippen molar-refractivity contribution in [3.63, 3.8) is 0 Å². The van der Waals surface area contributed by atoms with Gasteiger partial charge in [0, 0.05) is 11.8 Å². The molecule has 0 spiro atoms. The zero-order valence-corrected chi connectivity index (χ0v) is 12.0. The highest BCUT2D eigenvalue weighted by Crippen LogP contribution is 2.34. The molecular weight excluding hydrogens is 298 g/mol. The summed E-state index contributed by atoms with van der Waals surface area (Å²) in [6.07, 6.45) is 0. The predicted octanol–water partition coefficient (Wildman–Crippen LogP) is 1.70. The summed E-state index contributed by atoms with van der Waals surface area (Å²) in [6, 6.07) is 12.4. The molecule has 2 N–H and O–H groups in total. The number of hydrogen-bond acceptors (Lipinski definition) is 4. The molecule has 116 valence electrons. The molecule has 1 amide bonds. The summed E-state index contributed by atoms with van der Waals surface area (Å²) >= 11 is 0. The van der Waals surface area contributed by atoms with Crippen molar-refractivity contribution in [2.45, 2.75) is 6.54 Å². The highest BCUT2D eigenvalue weighted by atomic mass is 16.7. The van der Waals surface area contributed by atoms with E-state index in [-0.39, 0.29) is 24.9 Å². The lowest BCUT2D eigenvalue weighted by Gasteiger charge is -2.07. The van der Waals surface area contributed by atoms with Gasteiger partial charge in [0.15, 0.2) is 11.5 Å². The van der Waals surface area contributed by atoms with Gasteiger partial charge in [-0.1, -0.05) is 12.1 Å². The number of nitrogens with zero attached hydrogens (tertiary/aromatic N) is 1. The first kappa shape index (κ1) is 13.4. The summed E-state index contributed by atoms with van der Waals surface area (Å²) in [5.41, 5.74) is 1.67. The number of aromatic nitrogens is 2.